The van der Waals surface area contributed by atoms with Gasteiger partial charge in [-0.1, -0.05) is 0 Å². The molecule has 0 saturated carbocycles. The summed E-state index contributed by atoms with van der Waals surface area (Å²) in [7, 11) is 0. The second-order valence-corrected chi connectivity index (χ2v) is 5.18. The van der Waals surface area contributed by atoms with Gasteiger partial charge in [0.15, 0.2) is 12.1 Å². The summed E-state index contributed by atoms with van der Waals surface area (Å²) in [5, 5.41) is 0. The lowest BCUT2D eigenvalue weighted by atomic mass is 10.1. The minimum Gasteiger partial charge on any atom is -0.448 e. The maximum atomic E-state index is 12.6. The first-order chi connectivity index (χ1) is 10.1. The number of amides is 1. The third-order valence-corrected chi connectivity index (χ3v) is 3.68. The molecule has 2 aromatic heterocycles. The van der Waals surface area contributed by atoms with Crippen LogP contribution in [0.2, 0.25) is 0 Å². The van der Waals surface area contributed by atoms with Crippen molar-refractivity contribution >= 4 is 11.7 Å². The van der Waals surface area contributed by atoms with Gasteiger partial charge in [-0.3, -0.25) is 4.79 Å². The van der Waals surface area contributed by atoms with Gasteiger partial charge in [0.1, 0.15) is 17.4 Å². The predicted molar refractivity (Wildman–Crippen MR) is 75.4 cm³/mol. The Hall–Kier alpha value is -2.44. The Morgan fingerprint density at radius 3 is 2.90 bits per heavy atom. The van der Waals surface area contributed by atoms with Crippen LogP contribution in [0.5, 0.6) is 0 Å². The fourth-order valence-electron chi connectivity index (χ4n) is 2.75. The van der Waals surface area contributed by atoms with Crippen LogP contribution in [0.25, 0.3) is 0 Å². The van der Waals surface area contributed by atoms with Crippen LogP contribution in [0.15, 0.2) is 16.9 Å². The van der Waals surface area contributed by atoms with Gasteiger partial charge >= 0.3 is 0 Å². The van der Waals surface area contributed by atoms with Gasteiger partial charge in [0, 0.05) is 12.6 Å². The molecule has 1 amide bonds. The SMILES string of the molecule is Cc1nc(N)cc(C2CCCN2C(=O)c2ncoc2C)n1. The predicted octanol–water partition coefficient (Wildman–Crippen LogP) is 1.64. The topological polar surface area (TPSA) is 98.1 Å². The van der Waals surface area contributed by atoms with Gasteiger partial charge in [0.25, 0.3) is 5.91 Å². The Balaban J connectivity index is 1.92. The Bertz CT molecular complexity index is 662. The highest BCUT2D eigenvalue weighted by molar-refractivity contribution is 5.93. The second-order valence-electron chi connectivity index (χ2n) is 5.18. The molecule has 0 radical (unpaired) electrons. The van der Waals surface area contributed by atoms with Crippen molar-refractivity contribution < 1.29 is 9.21 Å². The van der Waals surface area contributed by atoms with Gasteiger partial charge in [-0.2, -0.15) is 0 Å². The number of anilines is 1. The van der Waals surface area contributed by atoms with Crippen molar-refractivity contribution in [1.29, 1.82) is 0 Å². The molecule has 3 heterocycles. The van der Waals surface area contributed by atoms with Crippen LogP contribution in [0.4, 0.5) is 5.82 Å². The smallest absolute Gasteiger partial charge is 0.276 e. The molecule has 1 aliphatic heterocycles. The number of nitrogens with two attached hydrogens (primary N) is 1. The largest absolute Gasteiger partial charge is 0.448 e. The number of nitrogen functional groups attached to an aromatic ring is 1. The van der Waals surface area contributed by atoms with Gasteiger partial charge in [-0.25, -0.2) is 15.0 Å². The minimum absolute atomic E-state index is 0.0856. The average molecular weight is 287 g/mol. The molecular formula is C14H17N5O2. The van der Waals surface area contributed by atoms with Crippen molar-refractivity contribution in [3.05, 3.63) is 35.4 Å². The summed E-state index contributed by atoms with van der Waals surface area (Å²) < 4.78 is 5.12. The molecule has 1 atom stereocenters. The molecule has 0 aliphatic carbocycles. The zero-order chi connectivity index (χ0) is 15.0. The van der Waals surface area contributed by atoms with Crippen molar-refractivity contribution in [1.82, 2.24) is 19.9 Å². The van der Waals surface area contributed by atoms with Gasteiger partial charge in [0.05, 0.1) is 11.7 Å². The van der Waals surface area contributed by atoms with Crippen molar-refractivity contribution in [2.45, 2.75) is 32.7 Å². The number of rotatable bonds is 2. The summed E-state index contributed by atoms with van der Waals surface area (Å²) in [6, 6.07) is 1.65. The number of aromatic nitrogens is 3. The summed E-state index contributed by atoms with van der Waals surface area (Å²) in [5.41, 5.74) is 6.93. The van der Waals surface area contributed by atoms with Crippen LogP contribution < -0.4 is 5.73 Å². The Morgan fingerprint density at radius 2 is 2.24 bits per heavy atom. The average Bonchev–Trinajstić information content (AvgIpc) is 3.05. The molecule has 110 valence electrons. The molecule has 2 aromatic rings. The van der Waals surface area contributed by atoms with E-state index in [4.69, 9.17) is 10.2 Å². The highest BCUT2D eigenvalue weighted by atomic mass is 16.3. The number of likely N-dealkylation sites (tertiary alicyclic amines) is 1. The molecule has 7 heteroatoms. The van der Waals surface area contributed by atoms with Crippen LogP contribution >= 0.6 is 0 Å². The summed E-state index contributed by atoms with van der Waals surface area (Å²) in [5.74, 6) is 1.44. The van der Waals surface area contributed by atoms with E-state index in [-0.39, 0.29) is 11.9 Å². The van der Waals surface area contributed by atoms with Crippen molar-refractivity contribution in [3.8, 4) is 0 Å². The lowest BCUT2D eigenvalue weighted by Gasteiger charge is -2.23. The number of oxazole rings is 1. The standard InChI is InChI=1S/C14H17N5O2/c1-8-13(16-7-21-8)14(20)19-5-3-4-11(19)10-6-12(15)18-9(2)17-10/h6-7,11H,3-5H2,1-2H3,(H2,15,17,18). The van der Waals surface area contributed by atoms with Crippen molar-refractivity contribution in [3.63, 3.8) is 0 Å². The quantitative estimate of drug-likeness (QED) is 0.901. The first-order valence-corrected chi connectivity index (χ1v) is 6.88. The zero-order valence-electron chi connectivity index (χ0n) is 12.0. The molecule has 21 heavy (non-hydrogen) atoms. The van der Waals surface area contributed by atoms with E-state index in [1.54, 1.807) is 24.8 Å². The zero-order valence-corrected chi connectivity index (χ0v) is 12.0. The van der Waals surface area contributed by atoms with Gasteiger partial charge in [0.2, 0.25) is 0 Å². The maximum Gasteiger partial charge on any atom is 0.276 e. The molecular weight excluding hydrogens is 270 g/mol. The number of carbonyl (C=O) groups is 1. The van der Waals surface area contributed by atoms with Crippen LogP contribution in [0.1, 0.15) is 46.7 Å². The molecule has 0 spiro atoms. The van der Waals surface area contributed by atoms with E-state index in [1.807, 2.05) is 0 Å². The molecule has 3 rings (SSSR count). The third kappa shape index (κ3) is 2.46. The van der Waals surface area contributed by atoms with E-state index >= 15 is 0 Å². The molecule has 0 aromatic carbocycles. The van der Waals surface area contributed by atoms with E-state index in [0.717, 1.165) is 18.5 Å². The fourth-order valence-corrected chi connectivity index (χ4v) is 2.75. The number of hydrogen-bond donors (Lipinski definition) is 1. The third-order valence-electron chi connectivity index (χ3n) is 3.68. The summed E-state index contributed by atoms with van der Waals surface area (Å²) in [4.78, 5) is 26.9. The van der Waals surface area contributed by atoms with E-state index in [2.05, 4.69) is 15.0 Å². The molecule has 0 bridgehead atoms. The Morgan fingerprint density at radius 1 is 1.43 bits per heavy atom. The fraction of sp³-hybridized carbons (Fsp3) is 0.429. The molecule has 1 saturated heterocycles. The molecule has 2 N–H and O–H groups in total. The number of hydrogen-bond acceptors (Lipinski definition) is 6. The van der Waals surface area contributed by atoms with Crippen molar-refractivity contribution in [2.24, 2.45) is 0 Å². The van der Waals surface area contributed by atoms with Crippen LogP contribution in [-0.4, -0.2) is 32.3 Å². The lowest BCUT2D eigenvalue weighted by Crippen LogP contribution is -2.31. The lowest BCUT2D eigenvalue weighted by molar-refractivity contribution is 0.0725. The van der Waals surface area contributed by atoms with E-state index in [0.29, 0.717) is 29.6 Å². The first-order valence-electron chi connectivity index (χ1n) is 6.88. The van der Waals surface area contributed by atoms with Crippen LogP contribution in [0.3, 0.4) is 0 Å². The van der Waals surface area contributed by atoms with Crippen LogP contribution in [-0.2, 0) is 0 Å². The maximum absolute atomic E-state index is 12.6. The molecule has 1 fully saturated rings. The van der Waals surface area contributed by atoms with Crippen LogP contribution in [0, 0.1) is 13.8 Å². The molecule has 1 aliphatic rings. The molecule has 7 nitrogen and oxygen atoms in total. The Kier molecular flexibility index (Phi) is 3.32. The highest BCUT2D eigenvalue weighted by Gasteiger charge is 2.33. The van der Waals surface area contributed by atoms with Crippen molar-refractivity contribution in [2.75, 3.05) is 12.3 Å². The van der Waals surface area contributed by atoms with Gasteiger partial charge < -0.3 is 15.1 Å². The minimum atomic E-state index is -0.126. The summed E-state index contributed by atoms with van der Waals surface area (Å²) in [6.07, 6.45) is 3.08. The number of carbonyl (C=O) groups excluding carboxylic acids is 1. The van der Waals surface area contributed by atoms with E-state index in [9.17, 15) is 4.79 Å². The highest BCUT2D eigenvalue weighted by Crippen LogP contribution is 2.32. The summed E-state index contributed by atoms with van der Waals surface area (Å²) in [6.45, 7) is 4.21. The van der Waals surface area contributed by atoms with Gasteiger partial charge in [-0.05, 0) is 26.7 Å². The number of aryl methyl sites for hydroxylation is 2. The monoisotopic (exact) mass is 287 g/mol. The second kappa shape index (κ2) is 5.16. The summed E-state index contributed by atoms with van der Waals surface area (Å²) >= 11 is 0. The first kappa shape index (κ1) is 13.5. The Labute approximate surface area is 122 Å². The van der Waals surface area contributed by atoms with E-state index < -0.39 is 0 Å². The normalized spacial score (nSPS) is 18.2. The number of nitrogens with zero attached hydrogens (tertiary/aromatic N) is 4. The van der Waals surface area contributed by atoms with Gasteiger partial charge in [-0.15, -0.1) is 0 Å². The van der Waals surface area contributed by atoms with E-state index in [1.165, 1.54) is 6.39 Å². The molecule has 1 unspecified atom stereocenters.